The van der Waals surface area contributed by atoms with Gasteiger partial charge in [0.05, 0.1) is 13.0 Å². The molecule has 2 heteroatoms. The summed E-state index contributed by atoms with van der Waals surface area (Å²) < 4.78 is 5.05. The summed E-state index contributed by atoms with van der Waals surface area (Å²) in [5, 5.41) is 2.52. The zero-order chi connectivity index (χ0) is 13.2. The van der Waals surface area contributed by atoms with Gasteiger partial charge in [0.2, 0.25) is 0 Å². The molecule has 3 rings (SSSR count). The lowest BCUT2D eigenvalue weighted by atomic mass is 9.87. The molecule has 2 aromatic rings. The Morgan fingerprint density at radius 2 is 2.00 bits per heavy atom. The van der Waals surface area contributed by atoms with Gasteiger partial charge in [-0.25, -0.2) is 0 Å². The quantitative estimate of drug-likeness (QED) is 0.778. The van der Waals surface area contributed by atoms with E-state index in [0.29, 0.717) is 13.0 Å². The van der Waals surface area contributed by atoms with Gasteiger partial charge < -0.3 is 4.74 Å². The van der Waals surface area contributed by atoms with Crippen LogP contribution >= 0.6 is 0 Å². The molecule has 0 aliphatic heterocycles. The van der Waals surface area contributed by atoms with Gasteiger partial charge in [-0.1, -0.05) is 42.5 Å². The topological polar surface area (TPSA) is 26.3 Å². The van der Waals surface area contributed by atoms with Gasteiger partial charge >= 0.3 is 5.97 Å². The maximum atomic E-state index is 11.7. The maximum absolute atomic E-state index is 11.7. The summed E-state index contributed by atoms with van der Waals surface area (Å²) in [6.07, 6.45) is 3.40. The van der Waals surface area contributed by atoms with Crippen molar-refractivity contribution in [3.8, 4) is 0 Å². The molecule has 19 heavy (non-hydrogen) atoms. The van der Waals surface area contributed by atoms with Crippen molar-refractivity contribution >= 4 is 22.3 Å². The number of hydrogen-bond acceptors (Lipinski definition) is 2. The van der Waals surface area contributed by atoms with E-state index in [4.69, 9.17) is 4.74 Å². The first kappa shape index (κ1) is 12.0. The van der Waals surface area contributed by atoms with Crippen LogP contribution in [0.5, 0.6) is 0 Å². The van der Waals surface area contributed by atoms with Crippen LogP contribution in [0, 0.1) is 0 Å². The Hall–Kier alpha value is -2.09. The van der Waals surface area contributed by atoms with Crippen molar-refractivity contribution in [3.05, 3.63) is 53.6 Å². The highest BCUT2D eigenvalue weighted by atomic mass is 16.5. The van der Waals surface area contributed by atoms with Crippen LogP contribution in [-0.4, -0.2) is 12.6 Å². The molecule has 2 nitrogen and oxygen atoms in total. The molecule has 0 radical (unpaired) electrons. The van der Waals surface area contributed by atoms with Gasteiger partial charge in [-0.05, 0) is 40.8 Å². The molecule has 1 aliphatic rings. The second kappa shape index (κ2) is 4.88. The SMILES string of the molecule is CCOC(=O)CC1=CCc2cccc3cccc1c23. The van der Waals surface area contributed by atoms with Crippen molar-refractivity contribution in [1.82, 2.24) is 0 Å². The smallest absolute Gasteiger partial charge is 0.310 e. The van der Waals surface area contributed by atoms with E-state index in [9.17, 15) is 4.79 Å². The van der Waals surface area contributed by atoms with Gasteiger partial charge in [0, 0.05) is 0 Å². The average Bonchev–Trinajstić information content (AvgIpc) is 2.43. The Kier molecular flexibility index (Phi) is 3.08. The van der Waals surface area contributed by atoms with Gasteiger partial charge in [-0.3, -0.25) is 4.79 Å². The highest BCUT2D eigenvalue weighted by Gasteiger charge is 2.17. The standard InChI is InChI=1S/C17H16O2/c1-2-19-16(18)11-14-10-9-13-6-3-5-12-7-4-8-15(14)17(12)13/h3-8,10H,2,9,11H2,1H3. The number of ether oxygens (including phenoxy) is 1. The number of carbonyl (C=O) groups excluding carboxylic acids is 1. The molecule has 0 saturated carbocycles. The van der Waals surface area contributed by atoms with Gasteiger partial charge in [0.25, 0.3) is 0 Å². The summed E-state index contributed by atoms with van der Waals surface area (Å²) in [4.78, 5) is 11.7. The lowest BCUT2D eigenvalue weighted by Crippen LogP contribution is -2.07. The van der Waals surface area contributed by atoms with Crippen LogP contribution in [0.25, 0.3) is 16.3 Å². The Balaban J connectivity index is 2.03. The summed E-state index contributed by atoms with van der Waals surface area (Å²) in [6.45, 7) is 2.27. The zero-order valence-electron chi connectivity index (χ0n) is 11.0. The predicted octanol–water partition coefficient (Wildman–Crippen LogP) is 3.73. The molecule has 0 bridgehead atoms. The summed E-state index contributed by atoms with van der Waals surface area (Å²) >= 11 is 0. The Morgan fingerprint density at radius 3 is 2.79 bits per heavy atom. The van der Waals surface area contributed by atoms with Crippen LogP contribution in [0.15, 0.2) is 42.5 Å². The van der Waals surface area contributed by atoms with Crippen molar-refractivity contribution < 1.29 is 9.53 Å². The van der Waals surface area contributed by atoms with E-state index in [0.717, 1.165) is 12.0 Å². The van der Waals surface area contributed by atoms with Crippen molar-refractivity contribution in [2.45, 2.75) is 19.8 Å². The van der Waals surface area contributed by atoms with E-state index in [1.807, 2.05) is 13.0 Å². The number of carbonyl (C=O) groups is 1. The molecular formula is C17H16O2. The van der Waals surface area contributed by atoms with E-state index in [2.05, 4.69) is 36.4 Å². The third kappa shape index (κ3) is 2.14. The van der Waals surface area contributed by atoms with Gasteiger partial charge in [0.15, 0.2) is 0 Å². The largest absolute Gasteiger partial charge is 0.466 e. The molecule has 0 unspecified atom stereocenters. The molecule has 0 fully saturated rings. The van der Waals surface area contributed by atoms with Crippen molar-refractivity contribution in [3.63, 3.8) is 0 Å². The molecule has 96 valence electrons. The molecule has 0 amide bonds. The Morgan fingerprint density at radius 1 is 1.21 bits per heavy atom. The minimum Gasteiger partial charge on any atom is -0.466 e. The highest BCUT2D eigenvalue weighted by Crippen LogP contribution is 2.34. The first-order valence-electron chi connectivity index (χ1n) is 6.65. The van der Waals surface area contributed by atoms with Gasteiger partial charge in [-0.15, -0.1) is 0 Å². The van der Waals surface area contributed by atoms with Crippen LogP contribution < -0.4 is 0 Å². The maximum Gasteiger partial charge on any atom is 0.310 e. The minimum atomic E-state index is -0.148. The van der Waals surface area contributed by atoms with E-state index in [-0.39, 0.29) is 5.97 Å². The number of allylic oxidation sites excluding steroid dienone is 1. The van der Waals surface area contributed by atoms with Crippen LogP contribution in [0.2, 0.25) is 0 Å². The summed E-state index contributed by atoms with van der Waals surface area (Å²) in [5.41, 5.74) is 3.59. The van der Waals surface area contributed by atoms with Crippen LogP contribution in [0.4, 0.5) is 0 Å². The number of benzene rings is 2. The Bertz CT molecular complexity index is 663. The van der Waals surface area contributed by atoms with Crippen LogP contribution in [0.3, 0.4) is 0 Å². The molecule has 0 N–H and O–H groups in total. The summed E-state index contributed by atoms with van der Waals surface area (Å²) in [5.74, 6) is -0.148. The highest BCUT2D eigenvalue weighted by molar-refractivity contribution is 6.01. The van der Waals surface area contributed by atoms with Gasteiger partial charge in [-0.2, -0.15) is 0 Å². The number of esters is 1. The molecule has 0 heterocycles. The number of rotatable bonds is 3. The second-order valence-electron chi connectivity index (χ2n) is 4.74. The molecule has 0 atom stereocenters. The van der Waals surface area contributed by atoms with Crippen molar-refractivity contribution in [2.75, 3.05) is 6.61 Å². The zero-order valence-corrected chi connectivity index (χ0v) is 11.0. The third-order valence-electron chi connectivity index (χ3n) is 3.55. The van der Waals surface area contributed by atoms with Crippen LogP contribution in [-0.2, 0) is 16.0 Å². The number of hydrogen-bond donors (Lipinski definition) is 0. The van der Waals surface area contributed by atoms with E-state index in [1.165, 1.54) is 21.9 Å². The summed E-state index contributed by atoms with van der Waals surface area (Å²) in [7, 11) is 0. The van der Waals surface area contributed by atoms with Crippen molar-refractivity contribution in [1.29, 1.82) is 0 Å². The lowest BCUT2D eigenvalue weighted by Gasteiger charge is -2.18. The third-order valence-corrected chi connectivity index (χ3v) is 3.55. The minimum absolute atomic E-state index is 0.148. The molecule has 2 aromatic carbocycles. The average molecular weight is 252 g/mol. The molecule has 1 aliphatic carbocycles. The normalized spacial score (nSPS) is 13.2. The van der Waals surface area contributed by atoms with Crippen molar-refractivity contribution in [2.24, 2.45) is 0 Å². The van der Waals surface area contributed by atoms with E-state index < -0.39 is 0 Å². The fraction of sp³-hybridized carbons (Fsp3) is 0.235. The van der Waals surface area contributed by atoms with Gasteiger partial charge in [0.1, 0.15) is 0 Å². The molecule has 0 saturated heterocycles. The summed E-state index contributed by atoms with van der Waals surface area (Å²) in [6, 6.07) is 12.6. The molecule has 0 spiro atoms. The lowest BCUT2D eigenvalue weighted by molar-refractivity contribution is -0.141. The first-order chi connectivity index (χ1) is 9.29. The van der Waals surface area contributed by atoms with Crippen LogP contribution in [0.1, 0.15) is 24.5 Å². The fourth-order valence-corrected chi connectivity index (χ4v) is 2.73. The molecular weight excluding hydrogens is 236 g/mol. The predicted molar refractivity (Wildman–Crippen MR) is 76.9 cm³/mol. The fourth-order valence-electron chi connectivity index (χ4n) is 2.73. The molecule has 0 aromatic heterocycles. The van der Waals surface area contributed by atoms with E-state index >= 15 is 0 Å². The van der Waals surface area contributed by atoms with E-state index in [1.54, 1.807) is 0 Å². The Labute approximate surface area is 112 Å². The monoisotopic (exact) mass is 252 g/mol. The second-order valence-corrected chi connectivity index (χ2v) is 4.74. The first-order valence-corrected chi connectivity index (χ1v) is 6.65.